The van der Waals surface area contributed by atoms with Gasteiger partial charge in [0.15, 0.2) is 0 Å². The Hall–Kier alpha value is -2.41. The maximum Gasteiger partial charge on any atom is 0.324 e. The van der Waals surface area contributed by atoms with Gasteiger partial charge in [0, 0.05) is 5.69 Å². The number of carbonyl (C=O) groups is 3. The number of nitrogens with two attached hydrogens (primary N) is 1. The Morgan fingerprint density at radius 2 is 2.25 bits per heavy atom. The summed E-state index contributed by atoms with van der Waals surface area (Å²) in [5, 5.41) is 5.11. The molecule has 1 aromatic rings. The summed E-state index contributed by atoms with van der Waals surface area (Å²) in [6.07, 6.45) is 0. The Morgan fingerprint density at radius 1 is 1.50 bits per heavy atom. The number of benzene rings is 1. The lowest BCUT2D eigenvalue weighted by atomic mass is 10.2. The summed E-state index contributed by atoms with van der Waals surface area (Å²) in [6.45, 7) is 1.79. The Bertz CT molecular complexity index is 540. The molecule has 1 aliphatic rings. The molecule has 1 aromatic carbocycles. The second kappa shape index (κ2) is 5.70. The summed E-state index contributed by atoms with van der Waals surface area (Å²) in [5.41, 5.74) is 6.80. The van der Waals surface area contributed by atoms with Crippen molar-refractivity contribution >= 4 is 23.5 Å². The smallest absolute Gasteiger partial charge is 0.324 e. The van der Waals surface area contributed by atoms with E-state index in [0.29, 0.717) is 5.69 Å². The van der Waals surface area contributed by atoms with E-state index in [1.54, 1.807) is 31.2 Å². The Balaban J connectivity index is 2.08. The molecule has 0 unspecified atom stereocenters. The number of nitrogens with zero attached hydrogens (tertiary/aromatic N) is 1. The minimum Gasteiger partial charge on any atom is -0.329 e. The summed E-state index contributed by atoms with van der Waals surface area (Å²) >= 11 is 0. The highest BCUT2D eigenvalue weighted by molar-refractivity contribution is 6.01. The molecule has 0 aliphatic carbocycles. The van der Waals surface area contributed by atoms with Crippen LogP contribution in [-0.2, 0) is 16.1 Å². The largest absolute Gasteiger partial charge is 0.329 e. The highest BCUT2D eigenvalue weighted by Crippen LogP contribution is 2.14. The van der Waals surface area contributed by atoms with Crippen LogP contribution in [0.3, 0.4) is 0 Å². The third-order valence-corrected chi connectivity index (χ3v) is 2.89. The molecule has 0 bridgehead atoms. The molecule has 1 heterocycles. The summed E-state index contributed by atoms with van der Waals surface area (Å²) in [5.74, 6) is -0.558. The molecular formula is C13H16N4O3. The van der Waals surface area contributed by atoms with Crippen LogP contribution in [0.2, 0.25) is 0 Å². The molecule has 1 atom stereocenters. The van der Waals surface area contributed by atoms with Gasteiger partial charge in [-0.15, -0.1) is 0 Å². The molecule has 20 heavy (non-hydrogen) atoms. The zero-order valence-corrected chi connectivity index (χ0v) is 11.1. The number of urea groups is 1. The number of carbonyl (C=O) groups excluding carboxylic acids is 3. The van der Waals surface area contributed by atoms with E-state index < -0.39 is 12.1 Å². The van der Waals surface area contributed by atoms with Crippen LogP contribution in [0.4, 0.5) is 10.5 Å². The molecule has 1 fully saturated rings. The first-order valence-electron chi connectivity index (χ1n) is 6.21. The van der Waals surface area contributed by atoms with E-state index in [1.165, 1.54) is 0 Å². The maximum atomic E-state index is 11.5. The van der Waals surface area contributed by atoms with Crippen molar-refractivity contribution in [2.24, 2.45) is 5.73 Å². The van der Waals surface area contributed by atoms with Crippen molar-refractivity contribution in [1.82, 2.24) is 10.2 Å². The van der Waals surface area contributed by atoms with Gasteiger partial charge in [-0.25, -0.2) is 4.79 Å². The summed E-state index contributed by atoms with van der Waals surface area (Å²) in [6, 6.07) is 5.93. The van der Waals surface area contributed by atoms with Crippen LogP contribution in [0.5, 0.6) is 0 Å². The average molecular weight is 276 g/mol. The van der Waals surface area contributed by atoms with Gasteiger partial charge in [-0.05, 0) is 24.6 Å². The van der Waals surface area contributed by atoms with Crippen LogP contribution < -0.4 is 16.4 Å². The Morgan fingerprint density at radius 3 is 2.85 bits per heavy atom. The number of hydrogen-bond acceptors (Lipinski definition) is 4. The number of amides is 4. The minimum absolute atomic E-state index is 0.0277. The lowest BCUT2D eigenvalue weighted by Crippen LogP contribution is -2.32. The SMILES string of the molecule is C[C@H](N)C(=O)Nc1cccc(CN2C(=O)CNC2=O)c1. The van der Waals surface area contributed by atoms with Gasteiger partial charge >= 0.3 is 6.03 Å². The highest BCUT2D eigenvalue weighted by atomic mass is 16.2. The Kier molecular flexibility index (Phi) is 3.99. The van der Waals surface area contributed by atoms with Crippen molar-refractivity contribution < 1.29 is 14.4 Å². The van der Waals surface area contributed by atoms with E-state index in [0.717, 1.165) is 10.5 Å². The van der Waals surface area contributed by atoms with Crippen molar-refractivity contribution in [3.05, 3.63) is 29.8 Å². The fourth-order valence-electron chi connectivity index (χ4n) is 1.80. The van der Waals surface area contributed by atoms with Gasteiger partial charge in [-0.1, -0.05) is 12.1 Å². The van der Waals surface area contributed by atoms with Gasteiger partial charge < -0.3 is 16.4 Å². The first-order chi connectivity index (χ1) is 9.47. The summed E-state index contributed by atoms with van der Waals surface area (Å²) in [4.78, 5) is 35.6. The van der Waals surface area contributed by atoms with Crippen molar-refractivity contribution in [2.75, 3.05) is 11.9 Å². The molecule has 1 aliphatic heterocycles. The van der Waals surface area contributed by atoms with Crippen LogP contribution in [-0.4, -0.2) is 35.3 Å². The van der Waals surface area contributed by atoms with E-state index in [1.807, 2.05) is 0 Å². The van der Waals surface area contributed by atoms with Gasteiger partial charge in [-0.2, -0.15) is 0 Å². The second-order valence-corrected chi connectivity index (χ2v) is 4.62. The second-order valence-electron chi connectivity index (χ2n) is 4.62. The van der Waals surface area contributed by atoms with Crippen molar-refractivity contribution in [3.8, 4) is 0 Å². The molecule has 2 rings (SSSR count). The molecule has 7 nitrogen and oxygen atoms in total. The predicted molar refractivity (Wildman–Crippen MR) is 72.7 cm³/mol. The molecule has 0 radical (unpaired) electrons. The molecule has 4 N–H and O–H groups in total. The first kappa shape index (κ1) is 14.0. The van der Waals surface area contributed by atoms with E-state index >= 15 is 0 Å². The topological polar surface area (TPSA) is 105 Å². The fraction of sp³-hybridized carbons (Fsp3) is 0.308. The average Bonchev–Trinajstić information content (AvgIpc) is 2.71. The van der Waals surface area contributed by atoms with Crippen molar-refractivity contribution in [1.29, 1.82) is 0 Å². The van der Waals surface area contributed by atoms with E-state index in [9.17, 15) is 14.4 Å². The lowest BCUT2D eigenvalue weighted by Gasteiger charge is -2.14. The van der Waals surface area contributed by atoms with Gasteiger partial charge in [0.05, 0.1) is 19.1 Å². The van der Waals surface area contributed by atoms with Gasteiger partial charge in [0.25, 0.3) is 0 Å². The quantitative estimate of drug-likeness (QED) is 0.674. The van der Waals surface area contributed by atoms with E-state index in [2.05, 4.69) is 10.6 Å². The van der Waals surface area contributed by atoms with E-state index in [4.69, 9.17) is 5.73 Å². The van der Waals surface area contributed by atoms with Gasteiger partial charge in [-0.3, -0.25) is 14.5 Å². The maximum absolute atomic E-state index is 11.5. The van der Waals surface area contributed by atoms with Gasteiger partial charge in [0.1, 0.15) is 0 Å². The molecular weight excluding hydrogens is 260 g/mol. The highest BCUT2D eigenvalue weighted by Gasteiger charge is 2.28. The van der Waals surface area contributed by atoms with Crippen LogP contribution in [0.15, 0.2) is 24.3 Å². The third-order valence-electron chi connectivity index (χ3n) is 2.89. The fourth-order valence-corrected chi connectivity index (χ4v) is 1.80. The third kappa shape index (κ3) is 3.12. The normalized spacial score (nSPS) is 16.0. The predicted octanol–water partition coefficient (Wildman–Crippen LogP) is 0.0241. The van der Waals surface area contributed by atoms with Crippen molar-refractivity contribution in [3.63, 3.8) is 0 Å². The summed E-state index contributed by atoms with van der Waals surface area (Å²) < 4.78 is 0. The molecule has 0 spiro atoms. The molecule has 4 amide bonds. The minimum atomic E-state index is -0.607. The van der Waals surface area contributed by atoms with Crippen molar-refractivity contribution in [2.45, 2.75) is 19.5 Å². The Labute approximate surface area is 116 Å². The molecule has 0 aromatic heterocycles. The van der Waals surface area contributed by atoms with Crippen LogP contribution in [0, 0.1) is 0 Å². The first-order valence-corrected chi connectivity index (χ1v) is 6.21. The molecule has 1 saturated heterocycles. The van der Waals surface area contributed by atoms with Crippen LogP contribution >= 0.6 is 0 Å². The van der Waals surface area contributed by atoms with E-state index in [-0.39, 0.29) is 24.9 Å². The molecule has 106 valence electrons. The number of imide groups is 1. The number of hydrogen-bond donors (Lipinski definition) is 3. The zero-order chi connectivity index (χ0) is 14.7. The van der Waals surface area contributed by atoms with Crippen LogP contribution in [0.1, 0.15) is 12.5 Å². The standard InChI is InChI=1S/C13H16N4O3/c1-8(14)12(19)16-10-4-2-3-9(5-10)7-17-11(18)6-15-13(17)20/h2-5,8H,6-7,14H2,1H3,(H,15,20)(H,16,19)/t8-/m0/s1. The number of rotatable bonds is 4. The lowest BCUT2D eigenvalue weighted by molar-refractivity contribution is -0.125. The monoisotopic (exact) mass is 276 g/mol. The molecule has 0 saturated carbocycles. The number of anilines is 1. The number of nitrogens with one attached hydrogen (secondary N) is 2. The van der Waals surface area contributed by atoms with Gasteiger partial charge in [0.2, 0.25) is 11.8 Å². The van der Waals surface area contributed by atoms with Crippen LogP contribution in [0.25, 0.3) is 0 Å². The zero-order valence-electron chi connectivity index (χ0n) is 11.1. The summed E-state index contributed by atoms with van der Waals surface area (Å²) in [7, 11) is 0. The molecule has 7 heteroatoms.